The molecule has 0 spiro atoms. The highest BCUT2D eigenvalue weighted by Crippen LogP contribution is 2.55. The fraction of sp³-hybridized carbons (Fsp3) is 0.280. The van der Waals surface area contributed by atoms with Crippen LogP contribution < -0.4 is 5.32 Å². The van der Waals surface area contributed by atoms with Crippen molar-refractivity contribution in [3.05, 3.63) is 144 Å². The van der Waals surface area contributed by atoms with Gasteiger partial charge >= 0.3 is 0 Å². The first kappa shape index (κ1) is 33.3. The summed E-state index contributed by atoms with van der Waals surface area (Å²) in [6, 6.07) is 48.2. The second-order valence-corrected chi connectivity index (χ2v) is 15.1. The van der Waals surface area contributed by atoms with Crippen LogP contribution in [0.1, 0.15) is 94.7 Å². The van der Waals surface area contributed by atoms with Crippen LogP contribution >= 0.6 is 0 Å². The number of benzene rings is 7. The van der Waals surface area contributed by atoms with Crippen molar-refractivity contribution in [3.63, 3.8) is 0 Å². The van der Waals surface area contributed by atoms with Gasteiger partial charge < -0.3 is 5.32 Å². The summed E-state index contributed by atoms with van der Waals surface area (Å²) < 4.78 is 0. The minimum atomic E-state index is 0.0966. The minimum Gasteiger partial charge on any atom is -0.356 e. The maximum absolute atomic E-state index is 3.81. The Morgan fingerprint density at radius 2 is 1.00 bits per heavy atom. The molecule has 0 heterocycles. The molecule has 1 heteroatoms. The highest BCUT2D eigenvalue weighted by molar-refractivity contribution is 6.25. The average molecular weight is 666 g/mol. The number of fused-ring (bicyclic) bond motifs is 9. The first-order valence-electron chi connectivity index (χ1n) is 19.6. The molecule has 256 valence electrons. The second kappa shape index (κ2) is 14.4. The van der Waals surface area contributed by atoms with Crippen molar-refractivity contribution in [3.8, 4) is 22.3 Å². The van der Waals surface area contributed by atoms with Gasteiger partial charge in [0.1, 0.15) is 0 Å². The van der Waals surface area contributed by atoms with Gasteiger partial charge in [-0.2, -0.15) is 0 Å². The Hall–Kier alpha value is -4.88. The average Bonchev–Trinajstić information content (AvgIpc) is 3.44. The molecule has 1 aliphatic carbocycles. The Balaban J connectivity index is 1.10. The largest absolute Gasteiger partial charge is 0.356 e. The number of rotatable bonds is 13. The zero-order valence-corrected chi connectivity index (χ0v) is 30.7. The Kier molecular flexibility index (Phi) is 9.39. The molecule has 0 atom stereocenters. The predicted octanol–water partition coefficient (Wildman–Crippen LogP) is 15.1. The van der Waals surface area contributed by atoms with Crippen LogP contribution in [-0.2, 0) is 5.41 Å². The van der Waals surface area contributed by atoms with E-state index in [1.807, 2.05) is 0 Å². The molecule has 51 heavy (non-hydrogen) atoms. The van der Waals surface area contributed by atoms with Gasteiger partial charge in [0.25, 0.3) is 0 Å². The number of hydrogen-bond donors (Lipinski definition) is 1. The molecule has 0 amide bonds. The van der Waals surface area contributed by atoms with Gasteiger partial charge in [0.15, 0.2) is 0 Å². The summed E-state index contributed by atoms with van der Waals surface area (Å²) in [5, 5.41) is 11.7. The maximum atomic E-state index is 3.81. The van der Waals surface area contributed by atoms with E-state index in [2.05, 4.69) is 153 Å². The number of nitrogens with one attached hydrogen (secondary N) is 1. The number of aryl methyl sites for hydroxylation is 1. The van der Waals surface area contributed by atoms with Crippen LogP contribution in [0.4, 0.5) is 11.4 Å². The Labute approximate surface area is 304 Å². The lowest BCUT2D eigenvalue weighted by atomic mass is 9.70. The molecule has 0 saturated heterocycles. The topological polar surface area (TPSA) is 12.0 Å². The van der Waals surface area contributed by atoms with E-state index < -0.39 is 0 Å². The highest BCUT2D eigenvalue weighted by atomic mass is 14.9. The van der Waals surface area contributed by atoms with Crippen LogP contribution in [0, 0.1) is 6.92 Å². The van der Waals surface area contributed by atoms with Crippen molar-refractivity contribution in [2.45, 2.75) is 90.4 Å². The van der Waals surface area contributed by atoms with E-state index >= 15 is 0 Å². The molecule has 7 aromatic rings. The summed E-state index contributed by atoms with van der Waals surface area (Å²) in [4.78, 5) is 0. The first-order valence-corrected chi connectivity index (χ1v) is 19.6. The molecule has 1 nitrogen and oxygen atoms in total. The Morgan fingerprint density at radius 1 is 0.431 bits per heavy atom. The van der Waals surface area contributed by atoms with Crippen LogP contribution in [0.25, 0.3) is 54.6 Å². The van der Waals surface area contributed by atoms with Gasteiger partial charge in [-0.1, -0.05) is 168 Å². The molecular formula is C50H51N. The van der Waals surface area contributed by atoms with E-state index in [0.717, 1.165) is 5.69 Å². The zero-order chi connectivity index (χ0) is 34.8. The molecule has 7 aromatic carbocycles. The molecule has 1 aliphatic rings. The lowest BCUT2D eigenvalue weighted by Gasteiger charge is -2.33. The van der Waals surface area contributed by atoms with Crippen LogP contribution in [0.15, 0.2) is 127 Å². The maximum Gasteiger partial charge on any atom is 0.0387 e. The van der Waals surface area contributed by atoms with Crippen molar-refractivity contribution in [2.24, 2.45) is 0 Å². The molecule has 0 fully saturated rings. The van der Waals surface area contributed by atoms with Gasteiger partial charge in [0, 0.05) is 16.8 Å². The number of unbranched alkanes of at least 4 members (excludes halogenated alkanes) is 6. The molecule has 0 aliphatic heterocycles. The van der Waals surface area contributed by atoms with Gasteiger partial charge in [0.2, 0.25) is 0 Å². The second-order valence-electron chi connectivity index (χ2n) is 15.1. The van der Waals surface area contributed by atoms with E-state index in [1.54, 1.807) is 5.56 Å². The lowest BCUT2D eigenvalue weighted by Crippen LogP contribution is -2.25. The van der Waals surface area contributed by atoms with Gasteiger partial charge in [-0.3, -0.25) is 0 Å². The van der Waals surface area contributed by atoms with E-state index in [0.29, 0.717) is 0 Å². The summed E-state index contributed by atoms with van der Waals surface area (Å²) in [5.41, 5.74) is 12.1. The highest BCUT2D eigenvalue weighted by Gasteiger charge is 2.42. The molecule has 0 aromatic heterocycles. The summed E-state index contributed by atoms with van der Waals surface area (Å²) in [6.45, 7) is 6.82. The summed E-state index contributed by atoms with van der Waals surface area (Å²) in [5.74, 6) is 0. The smallest absolute Gasteiger partial charge is 0.0387 e. The van der Waals surface area contributed by atoms with Gasteiger partial charge in [-0.05, 0) is 116 Å². The molecule has 8 rings (SSSR count). The molecule has 0 saturated carbocycles. The normalized spacial score (nSPS) is 13.2. The van der Waals surface area contributed by atoms with Crippen LogP contribution in [0.5, 0.6) is 0 Å². The van der Waals surface area contributed by atoms with Crippen LogP contribution in [0.3, 0.4) is 0 Å². The summed E-state index contributed by atoms with van der Waals surface area (Å²) >= 11 is 0. The third-order valence-corrected chi connectivity index (χ3v) is 11.7. The zero-order valence-electron chi connectivity index (χ0n) is 30.7. The minimum absolute atomic E-state index is 0.0966. The molecule has 0 radical (unpaired) electrons. The van der Waals surface area contributed by atoms with Gasteiger partial charge in [0.05, 0.1) is 0 Å². The van der Waals surface area contributed by atoms with E-state index in [9.17, 15) is 0 Å². The fourth-order valence-corrected chi connectivity index (χ4v) is 9.07. The molecule has 0 bridgehead atoms. The summed E-state index contributed by atoms with van der Waals surface area (Å²) in [7, 11) is 0. The van der Waals surface area contributed by atoms with Gasteiger partial charge in [-0.15, -0.1) is 0 Å². The van der Waals surface area contributed by atoms with E-state index in [-0.39, 0.29) is 5.41 Å². The number of anilines is 2. The fourth-order valence-electron chi connectivity index (χ4n) is 9.07. The van der Waals surface area contributed by atoms with Gasteiger partial charge in [-0.25, -0.2) is 0 Å². The quantitative estimate of drug-likeness (QED) is 0.0955. The SMILES string of the molecule is CCCCCCC1(CCCCCC)c2ccccc2-c2ccc(Nc3ccc(-c4ccc5c6ccc(C)cc6c6ccccc6c5c4)cc3)cc21. The van der Waals surface area contributed by atoms with Crippen molar-refractivity contribution in [2.75, 3.05) is 5.32 Å². The molecule has 0 unspecified atom stereocenters. The van der Waals surface area contributed by atoms with Crippen molar-refractivity contribution < 1.29 is 0 Å². The predicted molar refractivity (Wildman–Crippen MR) is 223 cm³/mol. The molecule has 1 N–H and O–H groups in total. The lowest BCUT2D eigenvalue weighted by molar-refractivity contribution is 0.401. The van der Waals surface area contributed by atoms with E-state index in [1.165, 1.54) is 136 Å². The Bertz CT molecular complexity index is 2290. The monoisotopic (exact) mass is 665 g/mol. The third-order valence-electron chi connectivity index (χ3n) is 11.7. The van der Waals surface area contributed by atoms with Crippen molar-refractivity contribution >= 4 is 43.7 Å². The van der Waals surface area contributed by atoms with Crippen LogP contribution in [0.2, 0.25) is 0 Å². The number of hydrogen-bond acceptors (Lipinski definition) is 1. The van der Waals surface area contributed by atoms with Crippen molar-refractivity contribution in [1.82, 2.24) is 0 Å². The van der Waals surface area contributed by atoms with Crippen LogP contribution in [-0.4, -0.2) is 0 Å². The van der Waals surface area contributed by atoms with Crippen molar-refractivity contribution in [1.29, 1.82) is 0 Å². The first-order chi connectivity index (χ1) is 25.1. The Morgan fingerprint density at radius 3 is 1.71 bits per heavy atom. The third kappa shape index (κ3) is 6.22. The van der Waals surface area contributed by atoms with E-state index in [4.69, 9.17) is 0 Å². The standard InChI is InChI=1S/C50H51N/c1-4-6-8-14-30-50(31-15-9-7-5-2)48-19-13-12-18-44(48)45-29-26-39(34-49(45)50)51-38-24-21-36(22-25-38)37-23-28-43-42-27-20-35(3)32-46(42)40-16-10-11-17-41(40)47(43)33-37/h10-13,16-29,32-34,51H,4-9,14-15,30-31H2,1-3H3. The molecular weight excluding hydrogens is 615 g/mol. The summed E-state index contributed by atoms with van der Waals surface area (Å²) in [6.07, 6.45) is 12.9.